The maximum Gasteiger partial charge on any atom is 0.417 e. The Morgan fingerprint density at radius 1 is 1.10 bits per heavy atom. The van der Waals surface area contributed by atoms with Crippen LogP contribution in [-0.4, -0.2) is 9.91 Å². The van der Waals surface area contributed by atoms with E-state index in [1.165, 1.54) is 12.4 Å². The second-order valence-electron chi connectivity index (χ2n) is 3.97. The van der Waals surface area contributed by atoms with Gasteiger partial charge in [-0.05, 0) is 18.2 Å². The predicted octanol–water partition coefficient (Wildman–Crippen LogP) is 3.41. The summed E-state index contributed by atoms with van der Waals surface area (Å²) < 4.78 is 38.8. The number of non-ortho nitro benzene ring substituents is 1. The molecule has 0 spiro atoms. The Balaban J connectivity index is 2.49. The molecule has 0 aliphatic carbocycles. The van der Waals surface area contributed by atoms with Crippen LogP contribution in [0.25, 0.3) is 0 Å². The molecule has 4 nitrogen and oxygen atoms in total. The van der Waals surface area contributed by atoms with E-state index in [2.05, 4.69) is 16.8 Å². The largest absolute Gasteiger partial charge is 0.417 e. The van der Waals surface area contributed by atoms with Crippen molar-refractivity contribution in [1.82, 2.24) is 4.98 Å². The second kappa shape index (κ2) is 5.63. The fraction of sp³-hybridized carbons (Fsp3) is 0.0714. The molecule has 1 heterocycles. The zero-order chi connectivity index (χ0) is 15.5. The van der Waals surface area contributed by atoms with E-state index in [0.29, 0.717) is 11.6 Å². The minimum Gasteiger partial charge on any atom is -0.265 e. The SMILES string of the molecule is O=[N+]([O-])c1ccc(C#Cc2ccncc2)c(C(F)(F)F)c1. The summed E-state index contributed by atoms with van der Waals surface area (Å²) in [7, 11) is 0. The maximum atomic E-state index is 12.9. The molecule has 1 aromatic heterocycles. The molecule has 0 unspecified atom stereocenters. The summed E-state index contributed by atoms with van der Waals surface area (Å²) >= 11 is 0. The van der Waals surface area contributed by atoms with E-state index in [0.717, 1.165) is 12.1 Å². The lowest BCUT2D eigenvalue weighted by Crippen LogP contribution is -2.08. The fourth-order valence-electron chi connectivity index (χ4n) is 1.56. The van der Waals surface area contributed by atoms with Crippen molar-refractivity contribution in [3.05, 3.63) is 69.5 Å². The smallest absolute Gasteiger partial charge is 0.265 e. The summed E-state index contributed by atoms with van der Waals surface area (Å²) in [5, 5.41) is 10.6. The molecule has 0 fully saturated rings. The van der Waals surface area contributed by atoms with Gasteiger partial charge in [0.2, 0.25) is 0 Å². The number of benzene rings is 1. The van der Waals surface area contributed by atoms with Crippen LogP contribution in [0.3, 0.4) is 0 Å². The van der Waals surface area contributed by atoms with Crippen molar-refractivity contribution in [3.8, 4) is 11.8 Å². The molecule has 0 bridgehead atoms. The van der Waals surface area contributed by atoms with Crippen LogP contribution in [0.5, 0.6) is 0 Å². The molecule has 0 amide bonds. The van der Waals surface area contributed by atoms with Crippen LogP contribution in [0.2, 0.25) is 0 Å². The summed E-state index contributed by atoms with van der Waals surface area (Å²) in [6.07, 6.45) is -1.79. The molecule has 21 heavy (non-hydrogen) atoms. The lowest BCUT2D eigenvalue weighted by molar-refractivity contribution is -0.385. The molecule has 2 aromatic rings. The number of pyridine rings is 1. The van der Waals surface area contributed by atoms with Gasteiger partial charge in [-0.3, -0.25) is 15.1 Å². The zero-order valence-electron chi connectivity index (χ0n) is 10.4. The van der Waals surface area contributed by atoms with Crippen molar-refractivity contribution in [1.29, 1.82) is 0 Å². The number of nitro groups is 1. The highest BCUT2D eigenvalue weighted by atomic mass is 19.4. The van der Waals surface area contributed by atoms with Gasteiger partial charge < -0.3 is 0 Å². The van der Waals surface area contributed by atoms with Gasteiger partial charge in [-0.1, -0.05) is 11.8 Å². The van der Waals surface area contributed by atoms with Gasteiger partial charge in [0.15, 0.2) is 0 Å². The summed E-state index contributed by atoms with van der Waals surface area (Å²) in [5.74, 6) is 4.94. The molecule has 0 atom stereocenters. The number of nitrogens with zero attached hydrogens (tertiary/aromatic N) is 2. The van der Waals surface area contributed by atoms with Crippen molar-refractivity contribution in [2.24, 2.45) is 0 Å². The standard InChI is InChI=1S/C14H7F3N2O2/c15-14(16,17)13-9-12(19(20)21)4-3-11(13)2-1-10-5-7-18-8-6-10/h3-9H. The fourth-order valence-corrected chi connectivity index (χ4v) is 1.56. The van der Waals surface area contributed by atoms with Gasteiger partial charge in [-0.2, -0.15) is 13.2 Å². The number of halogens is 3. The summed E-state index contributed by atoms with van der Waals surface area (Å²) in [4.78, 5) is 13.5. The number of alkyl halides is 3. The van der Waals surface area contributed by atoms with E-state index in [4.69, 9.17) is 0 Å². The van der Waals surface area contributed by atoms with E-state index < -0.39 is 22.4 Å². The maximum absolute atomic E-state index is 12.9. The minimum absolute atomic E-state index is 0.315. The predicted molar refractivity (Wildman–Crippen MR) is 68.3 cm³/mol. The van der Waals surface area contributed by atoms with E-state index in [9.17, 15) is 23.3 Å². The van der Waals surface area contributed by atoms with Crippen LogP contribution in [0.4, 0.5) is 18.9 Å². The average molecular weight is 292 g/mol. The Hall–Kier alpha value is -2.88. The normalized spacial score (nSPS) is 10.6. The van der Waals surface area contributed by atoms with Crippen LogP contribution >= 0.6 is 0 Å². The van der Waals surface area contributed by atoms with E-state index in [1.807, 2.05) is 0 Å². The molecular formula is C14H7F3N2O2. The highest BCUT2D eigenvalue weighted by Crippen LogP contribution is 2.34. The van der Waals surface area contributed by atoms with E-state index in [1.54, 1.807) is 12.1 Å². The molecule has 7 heteroatoms. The molecule has 0 radical (unpaired) electrons. The summed E-state index contributed by atoms with van der Waals surface area (Å²) in [6, 6.07) is 5.56. The Labute approximate surface area is 117 Å². The first-order chi connectivity index (χ1) is 9.88. The first-order valence-electron chi connectivity index (χ1n) is 5.65. The number of aromatic nitrogens is 1. The van der Waals surface area contributed by atoms with Gasteiger partial charge in [-0.15, -0.1) is 0 Å². The number of nitro benzene ring substituents is 1. The van der Waals surface area contributed by atoms with Crippen LogP contribution in [-0.2, 0) is 6.18 Å². The van der Waals surface area contributed by atoms with Crippen molar-refractivity contribution in [3.63, 3.8) is 0 Å². The number of hydrogen-bond acceptors (Lipinski definition) is 3. The Kier molecular flexibility index (Phi) is 3.89. The van der Waals surface area contributed by atoms with Crippen molar-refractivity contribution in [2.45, 2.75) is 6.18 Å². The monoisotopic (exact) mass is 292 g/mol. The van der Waals surface area contributed by atoms with Gasteiger partial charge in [0.25, 0.3) is 5.69 Å². The first-order valence-corrected chi connectivity index (χ1v) is 5.65. The molecule has 1 aromatic carbocycles. The lowest BCUT2D eigenvalue weighted by Gasteiger charge is -2.08. The Morgan fingerprint density at radius 3 is 2.33 bits per heavy atom. The molecule has 106 valence electrons. The molecular weight excluding hydrogens is 285 g/mol. The van der Waals surface area contributed by atoms with Gasteiger partial charge >= 0.3 is 6.18 Å². The van der Waals surface area contributed by atoms with E-state index in [-0.39, 0.29) is 5.56 Å². The Morgan fingerprint density at radius 2 is 1.76 bits per heavy atom. The van der Waals surface area contributed by atoms with Crippen LogP contribution < -0.4 is 0 Å². The minimum atomic E-state index is -4.71. The highest BCUT2D eigenvalue weighted by Gasteiger charge is 2.34. The summed E-state index contributed by atoms with van der Waals surface area (Å²) in [6.45, 7) is 0. The third-order valence-electron chi connectivity index (χ3n) is 2.54. The molecule has 2 rings (SSSR count). The summed E-state index contributed by atoms with van der Waals surface area (Å²) in [5.41, 5.74) is -1.57. The molecule has 0 aliphatic heterocycles. The van der Waals surface area contributed by atoms with Crippen LogP contribution in [0.15, 0.2) is 42.7 Å². The van der Waals surface area contributed by atoms with Crippen LogP contribution in [0, 0.1) is 22.0 Å². The first kappa shape index (κ1) is 14.5. The third-order valence-corrected chi connectivity index (χ3v) is 2.54. The van der Waals surface area contributed by atoms with E-state index >= 15 is 0 Å². The third kappa shape index (κ3) is 3.57. The lowest BCUT2D eigenvalue weighted by atomic mass is 10.1. The zero-order valence-corrected chi connectivity index (χ0v) is 10.4. The molecule has 0 saturated heterocycles. The van der Waals surface area contributed by atoms with Crippen molar-refractivity contribution in [2.75, 3.05) is 0 Å². The molecule has 0 N–H and O–H groups in total. The van der Waals surface area contributed by atoms with Crippen molar-refractivity contribution < 1.29 is 18.1 Å². The molecule has 0 aliphatic rings. The van der Waals surface area contributed by atoms with Crippen LogP contribution in [0.1, 0.15) is 16.7 Å². The highest BCUT2D eigenvalue weighted by molar-refractivity contribution is 5.51. The van der Waals surface area contributed by atoms with Gasteiger partial charge in [-0.25, -0.2) is 0 Å². The number of hydrogen-bond donors (Lipinski definition) is 0. The topological polar surface area (TPSA) is 56.0 Å². The van der Waals surface area contributed by atoms with Crippen molar-refractivity contribution >= 4 is 5.69 Å². The molecule has 0 saturated carbocycles. The number of rotatable bonds is 1. The van der Waals surface area contributed by atoms with Gasteiger partial charge in [0, 0.05) is 35.7 Å². The van der Waals surface area contributed by atoms with Gasteiger partial charge in [0.05, 0.1) is 10.5 Å². The van der Waals surface area contributed by atoms with Gasteiger partial charge in [0.1, 0.15) is 0 Å². The quantitative estimate of drug-likeness (QED) is 0.460. The second-order valence-corrected chi connectivity index (χ2v) is 3.97. The average Bonchev–Trinajstić information content (AvgIpc) is 2.45. The Bertz CT molecular complexity index is 731.